The monoisotopic (exact) mass is 327 g/mol. The van der Waals surface area contributed by atoms with Crippen LogP contribution >= 0.6 is 15.9 Å². The molecule has 0 amide bonds. The molecule has 0 bridgehead atoms. The largest absolute Gasteiger partial charge is 0.489 e. The smallest absolute Gasteiger partial charge is 0.119 e. The maximum Gasteiger partial charge on any atom is 0.119 e. The van der Waals surface area contributed by atoms with Gasteiger partial charge < -0.3 is 4.74 Å². The Morgan fingerprint density at radius 2 is 1.80 bits per heavy atom. The number of ether oxygens (including phenoxy) is 1. The number of rotatable bonds is 3. The number of halogens is 1. The summed E-state index contributed by atoms with van der Waals surface area (Å²) in [7, 11) is 0. The molecule has 0 spiro atoms. The highest BCUT2D eigenvalue weighted by Crippen LogP contribution is 2.21. The first kappa shape index (κ1) is 13.1. The molecule has 0 radical (unpaired) electrons. The molecular formula is C17H14BrNO. The summed E-state index contributed by atoms with van der Waals surface area (Å²) < 4.78 is 6.91. The van der Waals surface area contributed by atoms with E-state index >= 15 is 0 Å². The Kier molecular flexibility index (Phi) is 3.70. The minimum absolute atomic E-state index is 0.547. The van der Waals surface area contributed by atoms with Crippen LogP contribution in [0.25, 0.3) is 10.9 Å². The first-order valence-corrected chi connectivity index (χ1v) is 7.25. The molecule has 2 aromatic carbocycles. The highest BCUT2D eigenvalue weighted by molar-refractivity contribution is 9.10. The molecule has 2 nitrogen and oxygen atoms in total. The lowest BCUT2D eigenvalue weighted by Crippen LogP contribution is -1.98. The molecule has 20 heavy (non-hydrogen) atoms. The van der Waals surface area contributed by atoms with Gasteiger partial charge in [0.15, 0.2) is 0 Å². The molecule has 0 saturated carbocycles. The van der Waals surface area contributed by atoms with E-state index in [9.17, 15) is 0 Å². The summed E-state index contributed by atoms with van der Waals surface area (Å²) in [5.41, 5.74) is 3.19. The van der Waals surface area contributed by atoms with Crippen LogP contribution < -0.4 is 4.74 Å². The van der Waals surface area contributed by atoms with Gasteiger partial charge in [-0.15, -0.1) is 0 Å². The third kappa shape index (κ3) is 2.83. The van der Waals surface area contributed by atoms with Crippen LogP contribution in [0, 0.1) is 6.92 Å². The SMILES string of the molecule is Cc1cc(COc2ccc(Br)cc2)c2ccccc2n1. The van der Waals surface area contributed by atoms with Crippen molar-refractivity contribution >= 4 is 26.8 Å². The van der Waals surface area contributed by atoms with E-state index in [0.29, 0.717) is 6.61 Å². The van der Waals surface area contributed by atoms with Gasteiger partial charge >= 0.3 is 0 Å². The van der Waals surface area contributed by atoms with E-state index in [4.69, 9.17) is 4.74 Å². The molecular weight excluding hydrogens is 314 g/mol. The van der Waals surface area contributed by atoms with Crippen LogP contribution in [0.3, 0.4) is 0 Å². The second-order valence-corrected chi connectivity index (χ2v) is 5.60. The summed E-state index contributed by atoms with van der Waals surface area (Å²) in [6.45, 7) is 2.56. The van der Waals surface area contributed by atoms with E-state index in [1.54, 1.807) is 0 Å². The fourth-order valence-electron chi connectivity index (χ4n) is 2.21. The molecule has 3 heteroatoms. The predicted molar refractivity (Wildman–Crippen MR) is 85.0 cm³/mol. The topological polar surface area (TPSA) is 22.1 Å². The summed E-state index contributed by atoms with van der Waals surface area (Å²) in [6.07, 6.45) is 0. The zero-order valence-electron chi connectivity index (χ0n) is 11.1. The summed E-state index contributed by atoms with van der Waals surface area (Å²) in [5.74, 6) is 0.867. The van der Waals surface area contributed by atoms with Gasteiger partial charge in [-0.05, 0) is 43.3 Å². The Balaban J connectivity index is 1.88. The lowest BCUT2D eigenvalue weighted by atomic mass is 10.1. The maximum atomic E-state index is 5.86. The molecule has 3 aromatic rings. The van der Waals surface area contributed by atoms with Crippen molar-refractivity contribution < 1.29 is 4.74 Å². The fourth-order valence-corrected chi connectivity index (χ4v) is 2.47. The van der Waals surface area contributed by atoms with Crippen molar-refractivity contribution in [2.24, 2.45) is 0 Å². The zero-order valence-corrected chi connectivity index (χ0v) is 12.7. The Morgan fingerprint density at radius 3 is 2.60 bits per heavy atom. The Labute approximate surface area is 126 Å². The molecule has 0 fully saturated rings. The van der Waals surface area contributed by atoms with Crippen LogP contribution in [0.15, 0.2) is 59.1 Å². The van der Waals surface area contributed by atoms with Crippen LogP contribution in [0.5, 0.6) is 5.75 Å². The van der Waals surface area contributed by atoms with Gasteiger partial charge in [0.2, 0.25) is 0 Å². The van der Waals surface area contributed by atoms with Gasteiger partial charge in [-0.1, -0.05) is 34.1 Å². The van der Waals surface area contributed by atoms with Gasteiger partial charge in [-0.3, -0.25) is 4.98 Å². The van der Waals surface area contributed by atoms with Crippen molar-refractivity contribution in [3.05, 3.63) is 70.3 Å². The number of hydrogen-bond donors (Lipinski definition) is 0. The number of pyridine rings is 1. The summed E-state index contributed by atoms with van der Waals surface area (Å²) in [5, 5.41) is 1.15. The second kappa shape index (κ2) is 5.63. The highest BCUT2D eigenvalue weighted by Gasteiger charge is 2.04. The molecule has 0 aliphatic carbocycles. The zero-order chi connectivity index (χ0) is 13.9. The van der Waals surface area contributed by atoms with E-state index in [1.807, 2.05) is 49.4 Å². The Hall–Kier alpha value is -1.87. The third-order valence-electron chi connectivity index (χ3n) is 3.14. The quantitative estimate of drug-likeness (QED) is 0.683. The van der Waals surface area contributed by atoms with E-state index in [1.165, 1.54) is 0 Å². The molecule has 100 valence electrons. The molecule has 0 aliphatic heterocycles. The number of aryl methyl sites for hydroxylation is 1. The fraction of sp³-hybridized carbons (Fsp3) is 0.118. The standard InChI is InChI=1S/C17H14BrNO/c1-12-10-13(16-4-2-3-5-17(16)19-12)11-20-15-8-6-14(18)7-9-15/h2-10H,11H2,1H3. The molecule has 1 heterocycles. The molecule has 0 N–H and O–H groups in total. The van der Waals surface area contributed by atoms with Crippen molar-refractivity contribution in [3.63, 3.8) is 0 Å². The van der Waals surface area contributed by atoms with Crippen LogP contribution in [0.1, 0.15) is 11.3 Å². The van der Waals surface area contributed by atoms with Crippen molar-refractivity contribution in [1.29, 1.82) is 0 Å². The van der Waals surface area contributed by atoms with Gasteiger partial charge in [0.25, 0.3) is 0 Å². The van der Waals surface area contributed by atoms with Crippen LogP contribution in [0.4, 0.5) is 0 Å². The molecule has 1 aromatic heterocycles. The van der Waals surface area contributed by atoms with Crippen molar-refractivity contribution in [3.8, 4) is 5.75 Å². The van der Waals surface area contributed by atoms with E-state index < -0.39 is 0 Å². The molecule has 3 rings (SSSR count). The molecule has 0 unspecified atom stereocenters. The van der Waals surface area contributed by atoms with Crippen LogP contribution in [-0.2, 0) is 6.61 Å². The van der Waals surface area contributed by atoms with E-state index in [0.717, 1.165) is 32.4 Å². The number of aromatic nitrogens is 1. The number of nitrogens with zero attached hydrogens (tertiary/aromatic N) is 1. The van der Waals surface area contributed by atoms with Crippen LogP contribution in [0.2, 0.25) is 0 Å². The van der Waals surface area contributed by atoms with Crippen molar-refractivity contribution in [1.82, 2.24) is 4.98 Å². The average molecular weight is 328 g/mol. The second-order valence-electron chi connectivity index (χ2n) is 4.68. The normalized spacial score (nSPS) is 10.7. The van der Waals surface area contributed by atoms with E-state index in [-0.39, 0.29) is 0 Å². The number of fused-ring (bicyclic) bond motifs is 1. The molecule has 0 atom stereocenters. The average Bonchev–Trinajstić information content (AvgIpc) is 2.46. The van der Waals surface area contributed by atoms with E-state index in [2.05, 4.69) is 33.0 Å². The number of benzene rings is 2. The van der Waals surface area contributed by atoms with Gasteiger partial charge in [0.1, 0.15) is 12.4 Å². The maximum absolute atomic E-state index is 5.86. The predicted octanol–water partition coefficient (Wildman–Crippen LogP) is 4.88. The number of hydrogen-bond acceptors (Lipinski definition) is 2. The lowest BCUT2D eigenvalue weighted by Gasteiger charge is -2.10. The third-order valence-corrected chi connectivity index (χ3v) is 3.67. The summed E-state index contributed by atoms with van der Waals surface area (Å²) >= 11 is 3.42. The summed E-state index contributed by atoms with van der Waals surface area (Å²) in [6, 6.07) is 18.1. The Morgan fingerprint density at radius 1 is 1.05 bits per heavy atom. The Bertz CT molecular complexity index is 738. The first-order valence-electron chi connectivity index (χ1n) is 6.46. The first-order chi connectivity index (χ1) is 9.72. The molecule has 0 saturated heterocycles. The minimum atomic E-state index is 0.547. The van der Waals surface area contributed by atoms with Crippen molar-refractivity contribution in [2.75, 3.05) is 0 Å². The van der Waals surface area contributed by atoms with Crippen LogP contribution in [-0.4, -0.2) is 4.98 Å². The van der Waals surface area contributed by atoms with Crippen molar-refractivity contribution in [2.45, 2.75) is 13.5 Å². The summed E-state index contributed by atoms with van der Waals surface area (Å²) in [4.78, 5) is 4.54. The minimum Gasteiger partial charge on any atom is -0.489 e. The van der Waals surface area contributed by atoms with Gasteiger partial charge in [0.05, 0.1) is 5.52 Å². The van der Waals surface area contributed by atoms with Gasteiger partial charge in [0, 0.05) is 21.1 Å². The highest BCUT2D eigenvalue weighted by atomic mass is 79.9. The molecule has 0 aliphatic rings. The van der Waals surface area contributed by atoms with Gasteiger partial charge in [-0.25, -0.2) is 0 Å². The van der Waals surface area contributed by atoms with Gasteiger partial charge in [-0.2, -0.15) is 0 Å². The lowest BCUT2D eigenvalue weighted by molar-refractivity contribution is 0.307. The number of para-hydroxylation sites is 1.